The number of nitrogens with one attached hydrogen (secondary N) is 2. The van der Waals surface area contributed by atoms with Gasteiger partial charge in [0.15, 0.2) is 5.69 Å². The van der Waals surface area contributed by atoms with E-state index in [4.69, 9.17) is 0 Å². The van der Waals surface area contributed by atoms with Crippen molar-refractivity contribution in [2.75, 3.05) is 5.32 Å². The molecule has 0 saturated heterocycles. The molecule has 4 aromatic heterocycles. The topological polar surface area (TPSA) is 92.9 Å². The molecule has 0 spiro atoms. The molecule has 1 saturated carbocycles. The molecule has 0 atom stereocenters. The summed E-state index contributed by atoms with van der Waals surface area (Å²) < 4.78 is 3.72. The summed E-state index contributed by atoms with van der Waals surface area (Å²) in [4.78, 5) is 16.9. The second-order valence-electron chi connectivity index (χ2n) is 6.56. The Bertz CT molecular complexity index is 1050. The number of H-pyrrole nitrogens is 1. The van der Waals surface area contributed by atoms with Gasteiger partial charge in [0.25, 0.3) is 5.91 Å². The Morgan fingerprint density at radius 1 is 1.31 bits per heavy atom. The van der Waals surface area contributed by atoms with E-state index < -0.39 is 0 Å². The zero-order valence-corrected chi connectivity index (χ0v) is 14.0. The number of carbonyl (C=O) groups excluding carboxylic acids is 1. The molecule has 26 heavy (non-hydrogen) atoms. The fourth-order valence-corrected chi connectivity index (χ4v) is 3.00. The number of aromatic amines is 1. The Labute approximate surface area is 148 Å². The molecule has 0 aromatic carbocycles. The van der Waals surface area contributed by atoms with Gasteiger partial charge in [-0.15, -0.1) is 0 Å². The lowest BCUT2D eigenvalue weighted by Crippen LogP contribution is -2.11. The maximum Gasteiger partial charge on any atom is 0.276 e. The van der Waals surface area contributed by atoms with Crippen molar-refractivity contribution in [3.63, 3.8) is 0 Å². The highest BCUT2D eigenvalue weighted by Gasteiger charge is 2.26. The van der Waals surface area contributed by atoms with Crippen molar-refractivity contribution in [1.29, 1.82) is 0 Å². The van der Waals surface area contributed by atoms with Crippen molar-refractivity contribution in [2.45, 2.75) is 25.3 Å². The summed E-state index contributed by atoms with van der Waals surface area (Å²) in [6.07, 6.45) is 9.68. The standard InChI is InChI=1S/C18H17N7O/c26-18(16-7-15(22-23-16)12-4-5-12)21-13-8-19-25(10-13)11-14-9-24-6-2-1-3-17(24)20-14/h1-3,6-10,12H,4-5,11H2,(H,21,26)(H,22,23). The first-order valence-electron chi connectivity index (χ1n) is 8.56. The van der Waals surface area contributed by atoms with E-state index in [0.29, 0.717) is 23.8 Å². The zero-order valence-electron chi connectivity index (χ0n) is 14.0. The third kappa shape index (κ3) is 2.85. The molecule has 5 rings (SSSR count). The average Bonchev–Trinajstić information content (AvgIpc) is 3.06. The van der Waals surface area contributed by atoms with Crippen LogP contribution in [0.2, 0.25) is 0 Å². The summed E-state index contributed by atoms with van der Waals surface area (Å²) in [5, 5.41) is 14.2. The number of nitrogens with zero attached hydrogens (tertiary/aromatic N) is 5. The first kappa shape index (κ1) is 14.9. The highest BCUT2D eigenvalue weighted by molar-refractivity contribution is 6.02. The van der Waals surface area contributed by atoms with Crippen LogP contribution in [-0.4, -0.2) is 35.3 Å². The van der Waals surface area contributed by atoms with Gasteiger partial charge in [-0.05, 0) is 31.0 Å². The van der Waals surface area contributed by atoms with Crippen LogP contribution in [0.3, 0.4) is 0 Å². The summed E-state index contributed by atoms with van der Waals surface area (Å²) >= 11 is 0. The molecule has 4 aromatic rings. The third-order valence-corrected chi connectivity index (χ3v) is 4.48. The lowest BCUT2D eigenvalue weighted by atomic mass is 10.2. The number of hydrogen-bond donors (Lipinski definition) is 2. The fourth-order valence-electron chi connectivity index (χ4n) is 3.00. The molecule has 0 radical (unpaired) electrons. The number of hydrogen-bond acceptors (Lipinski definition) is 4. The van der Waals surface area contributed by atoms with Gasteiger partial charge < -0.3 is 9.72 Å². The molecule has 1 amide bonds. The summed E-state index contributed by atoms with van der Waals surface area (Å²) in [5.74, 6) is 0.303. The van der Waals surface area contributed by atoms with E-state index in [1.165, 1.54) is 12.8 Å². The molecule has 0 unspecified atom stereocenters. The second-order valence-corrected chi connectivity index (χ2v) is 6.56. The number of carbonyl (C=O) groups is 1. The number of fused-ring (bicyclic) bond motifs is 1. The average molecular weight is 347 g/mol. The number of pyridine rings is 1. The van der Waals surface area contributed by atoms with Crippen molar-refractivity contribution in [1.82, 2.24) is 29.4 Å². The lowest BCUT2D eigenvalue weighted by Gasteiger charge is -1.99. The van der Waals surface area contributed by atoms with Crippen LogP contribution in [0.15, 0.2) is 49.1 Å². The number of anilines is 1. The van der Waals surface area contributed by atoms with Crippen LogP contribution in [0.1, 0.15) is 40.6 Å². The van der Waals surface area contributed by atoms with Crippen molar-refractivity contribution in [2.24, 2.45) is 0 Å². The summed E-state index contributed by atoms with van der Waals surface area (Å²) in [7, 11) is 0. The maximum absolute atomic E-state index is 12.3. The van der Waals surface area contributed by atoms with Gasteiger partial charge in [0.05, 0.1) is 24.1 Å². The second kappa shape index (κ2) is 5.83. The smallest absolute Gasteiger partial charge is 0.276 e. The Morgan fingerprint density at radius 3 is 3.08 bits per heavy atom. The number of rotatable bonds is 5. The predicted molar refractivity (Wildman–Crippen MR) is 95.0 cm³/mol. The Balaban J connectivity index is 1.27. The maximum atomic E-state index is 12.3. The van der Waals surface area contributed by atoms with Crippen molar-refractivity contribution < 1.29 is 4.79 Å². The summed E-state index contributed by atoms with van der Waals surface area (Å²) in [6.45, 7) is 0.534. The molecule has 1 aliphatic carbocycles. The summed E-state index contributed by atoms with van der Waals surface area (Å²) in [5.41, 5.74) is 3.87. The predicted octanol–water partition coefficient (Wildman–Crippen LogP) is 2.43. The molecule has 130 valence electrons. The van der Waals surface area contributed by atoms with E-state index in [0.717, 1.165) is 17.0 Å². The van der Waals surface area contributed by atoms with Crippen LogP contribution in [-0.2, 0) is 6.54 Å². The fraction of sp³-hybridized carbons (Fsp3) is 0.222. The number of imidazole rings is 1. The van der Waals surface area contributed by atoms with Crippen molar-refractivity contribution >= 4 is 17.2 Å². The molecular formula is C18H17N7O. The van der Waals surface area contributed by atoms with Crippen LogP contribution in [0.5, 0.6) is 0 Å². The SMILES string of the molecule is O=C(Nc1cnn(Cc2cn3ccccc3n2)c1)c1cc(C2CC2)[nH]n1. The molecule has 0 aliphatic heterocycles. The monoisotopic (exact) mass is 347 g/mol. The van der Waals surface area contributed by atoms with Gasteiger partial charge in [0, 0.05) is 30.2 Å². The van der Waals surface area contributed by atoms with Gasteiger partial charge in [-0.3, -0.25) is 14.6 Å². The Hall–Kier alpha value is -3.42. The molecule has 1 fully saturated rings. The quantitative estimate of drug-likeness (QED) is 0.580. The highest BCUT2D eigenvalue weighted by Crippen LogP contribution is 2.39. The van der Waals surface area contributed by atoms with E-state index in [-0.39, 0.29) is 5.91 Å². The molecule has 1 aliphatic rings. The molecule has 2 N–H and O–H groups in total. The van der Waals surface area contributed by atoms with E-state index in [9.17, 15) is 4.79 Å². The van der Waals surface area contributed by atoms with Crippen molar-refractivity contribution in [3.05, 3.63) is 66.1 Å². The Kier molecular flexibility index (Phi) is 3.34. The third-order valence-electron chi connectivity index (χ3n) is 4.48. The largest absolute Gasteiger partial charge is 0.318 e. The van der Waals surface area contributed by atoms with Crippen molar-refractivity contribution in [3.8, 4) is 0 Å². The van der Waals surface area contributed by atoms with Crippen LogP contribution in [0.25, 0.3) is 5.65 Å². The molecular weight excluding hydrogens is 330 g/mol. The van der Waals surface area contributed by atoms with E-state index in [1.54, 1.807) is 17.1 Å². The van der Waals surface area contributed by atoms with Gasteiger partial charge in [-0.25, -0.2) is 4.98 Å². The minimum atomic E-state index is -0.236. The van der Waals surface area contributed by atoms with Gasteiger partial charge in [0.2, 0.25) is 0 Å². The minimum Gasteiger partial charge on any atom is -0.318 e. The van der Waals surface area contributed by atoms with Crippen LogP contribution in [0, 0.1) is 0 Å². The van der Waals surface area contributed by atoms with Crippen LogP contribution in [0.4, 0.5) is 5.69 Å². The van der Waals surface area contributed by atoms with Gasteiger partial charge in [0.1, 0.15) is 5.65 Å². The van der Waals surface area contributed by atoms with Gasteiger partial charge in [-0.1, -0.05) is 6.07 Å². The molecule has 4 heterocycles. The van der Waals surface area contributed by atoms with Gasteiger partial charge >= 0.3 is 0 Å². The Morgan fingerprint density at radius 2 is 2.23 bits per heavy atom. The number of aromatic nitrogens is 6. The highest BCUT2D eigenvalue weighted by atomic mass is 16.1. The normalized spacial score (nSPS) is 14.0. The molecule has 0 bridgehead atoms. The lowest BCUT2D eigenvalue weighted by molar-refractivity contribution is 0.102. The van der Waals surface area contributed by atoms with E-state index >= 15 is 0 Å². The first-order valence-corrected chi connectivity index (χ1v) is 8.56. The van der Waals surface area contributed by atoms with Crippen LogP contribution >= 0.6 is 0 Å². The van der Waals surface area contributed by atoms with Gasteiger partial charge in [-0.2, -0.15) is 10.2 Å². The summed E-state index contributed by atoms with van der Waals surface area (Å²) in [6, 6.07) is 7.70. The molecule has 8 nitrogen and oxygen atoms in total. The van der Waals surface area contributed by atoms with E-state index in [2.05, 4.69) is 25.6 Å². The minimum absolute atomic E-state index is 0.236. The zero-order chi connectivity index (χ0) is 17.5. The first-order chi connectivity index (χ1) is 12.7. The number of amides is 1. The molecule has 8 heteroatoms. The van der Waals surface area contributed by atoms with Crippen LogP contribution < -0.4 is 5.32 Å². The van der Waals surface area contributed by atoms with E-state index in [1.807, 2.05) is 41.1 Å².